The Morgan fingerprint density at radius 3 is 2.78 bits per heavy atom. The first-order chi connectivity index (χ1) is 11.2. The number of rotatable bonds is 5. The van der Waals surface area contributed by atoms with E-state index in [1.807, 2.05) is 13.1 Å². The third-order valence-electron chi connectivity index (χ3n) is 4.55. The lowest BCUT2D eigenvalue weighted by atomic mass is 10.2. The first-order valence-corrected chi connectivity index (χ1v) is 8.34. The van der Waals surface area contributed by atoms with Gasteiger partial charge in [-0.05, 0) is 31.7 Å². The number of nitrogens with zero attached hydrogens (tertiary/aromatic N) is 5. The molecule has 2 fully saturated rings. The smallest absolute Gasteiger partial charge is 0.229 e. The number of hydrogen-bond acceptors (Lipinski definition) is 6. The van der Waals surface area contributed by atoms with E-state index in [-0.39, 0.29) is 0 Å². The standard InChI is InChI=1S/C16H23N7/c1-22(10-12-8-13(21-20-12)11-4-5-11)15-9-14(17)18-16(19-15)23-6-2-3-7-23/h8-9,11H,2-7,10H2,1H3,(H,20,21)(H2,17,18,19). The van der Waals surface area contributed by atoms with Crippen LogP contribution in [0.15, 0.2) is 12.1 Å². The van der Waals surface area contributed by atoms with Crippen LogP contribution in [0.3, 0.4) is 0 Å². The molecule has 0 aromatic carbocycles. The Kier molecular flexibility index (Phi) is 3.55. The van der Waals surface area contributed by atoms with Gasteiger partial charge in [-0.3, -0.25) is 5.10 Å². The van der Waals surface area contributed by atoms with E-state index in [2.05, 4.69) is 31.0 Å². The minimum Gasteiger partial charge on any atom is -0.383 e. The van der Waals surface area contributed by atoms with Crippen molar-refractivity contribution in [3.63, 3.8) is 0 Å². The molecule has 2 aliphatic rings. The molecular formula is C16H23N7. The van der Waals surface area contributed by atoms with Crippen molar-refractivity contribution in [2.24, 2.45) is 0 Å². The summed E-state index contributed by atoms with van der Waals surface area (Å²) in [6.07, 6.45) is 4.92. The van der Waals surface area contributed by atoms with E-state index in [1.165, 1.54) is 31.4 Å². The van der Waals surface area contributed by atoms with Crippen LogP contribution in [0, 0.1) is 0 Å². The lowest BCUT2D eigenvalue weighted by molar-refractivity contribution is 0.834. The van der Waals surface area contributed by atoms with Crippen molar-refractivity contribution in [2.75, 3.05) is 35.7 Å². The molecule has 0 unspecified atom stereocenters. The molecule has 1 saturated carbocycles. The fraction of sp³-hybridized carbons (Fsp3) is 0.562. The fourth-order valence-corrected chi connectivity index (χ4v) is 3.08. The SMILES string of the molecule is CN(Cc1cc(C2CC2)n[nH]1)c1cc(N)nc(N2CCCC2)n1. The van der Waals surface area contributed by atoms with Crippen LogP contribution in [-0.4, -0.2) is 40.3 Å². The highest BCUT2D eigenvalue weighted by Crippen LogP contribution is 2.39. The second kappa shape index (κ2) is 5.72. The molecule has 0 atom stereocenters. The molecule has 122 valence electrons. The number of hydrogen-bond donors (Lipinski definition) is 2. The van der Waals surface area contributed by atoms with Gasteiger partial charge in [0.2, 0.25) is 5.95 Å². The highest BCUT2D eigenvalue weighted by molar-refractivity contribution is 5.52. The Morgan fingerprint density at radius 1 is 1.26 bits per heavy atom. The van der Waals surface area contributed by atoms with Crippen LogP contribution in [0.1, 0.15) is 43.0 Å². The summed E-state index contributed by atoms with van der Waals surface area (Å²) in [5, 5.41) is 7.54. The van der Waals surface area contributed by atoms with Gasteiger partial charge in [0.1, 0.15) is 11.6 Å². The molecule has 2 aromatic rings. The maximum absolute atomic E-state index is 5.99. The topological polar surface area (TPSA) is 87.0 Å². The molecule has 3 heterocycles. The van der Waals surface area contributed by atoms with Crippen molar-refractivity contribution in [3.05, 3.63) is 23.5 Å². The maximum atomic E-state index is 5.99. The first-order valence-electron chi connectivity index (χ1n) is 8.34. The number of nitrogen functional groups attached to an aromatic ring is 1. The molecule has 23 heavy (non-hydrogen) atoms. The minimum absolute atomic E-state index is 0.520. The van der Waals surface area contributed by atoms with Crippen molar-refractivity contribution in [1.29, 1.82) is 0 Å². The number of H-pyrrole nitrogens is 1. The Hall–Kier alpha value is -2.31. The van der Waals surface area contributed by atoms with Crippen LogP contribution < -0.4 is 15.5 Å². The molecule has 1 aliphatic heterocycles. The summed E-state index contributed by atoms with van der Waals surface area (Å²) in [6, 6.07) is 4.00. The molecular weight excluding hydrogens is 290 g/mol. The van der Waals surface area contributed by atoms with Crippen molar-refractivity contribution < 1.29 is 0 Å². The molecule has 1 saturated heterocycles. The van der Waals surface area contributed by atoms with Gasteiger partial charge in [0.25, 0.3) is 0 Å². The molecule has 7 heteroatoms. The van der Waals surface area contributed by atoms with Crippen LogP contribution in [0.4, 0.5) is 17.6 Å². The van der Waals surface area contributed by atoms with Crippen molar-refractivity contribution in [1.82, 2.24) is 20.2 Å². The van der Waals surface area contributed by atoms with E-state index >= 15 is 0 Å². The monoisotopic (exact) mass is 313 g/mol. The summed E-state index contributed by atoms with van der Waals surface area (Å²) in [7, 11) is 2.02. The Balaban J connectivity index is 1.51. The normalized spacial score (nSPS) is 17.7. The third kappa shape index (κ3) is 3.09. The minimum atomic E-state index is 0.520. The average Bonchev–Trinajstić information content (AvgIpc) is 3.05. The lowest BCUT2D eigenvalue weighted by Crippen LogP contribution is -2.24. The maximum Gasteiger partial charge on any atom is 0.229 e. The zero-order valence-corrected chi connectivity index (χ0v) is 13.5. The van der Waals surface area contributed by atoms with Gasteiger partial charge in [-0.1, -0.05) is 0 Å². The largest absolute Gasteiger partial charge is 0.383 e. The van der Waals surface area contributed by atoms with Gasteiger partial charge < -0.3 is 15.5 Å². The Morgan fingerprint density at radius 2 is 2.04 bits per heavy atom. The van der Waals surface area contributed by atoms with E-state index in [9.17, 15) is 0 Å². The van der Waals surface area contributed by atoms with Gasteiger partial charge in [-0.2, -0.15) is 15.1 Å². The molecule has 4 rings (SSSR count). The number of anilines is 3. The van der Waals surface area contributed by atoms with Crippen LogP contribution in [0.2, 0.25) is 0 Å². The summed E-state index contributed by atoms with van der Waals surface area (Å²) < 4.78 is 0. The second-order valence-corrected chi connectivity index (χ2v) is 6.59. The summed E-state index contributed by atoms with van der Waals surface area (Å²) in [5.74, 6) is 2.78. The number of aromatic nitrogens is 4. The van der Waals surface area contributed by atoms with Gasteiger partial charge in [0.15, 0.2) is 0 Å². The second-order valence-electron chi connectivity index (χ2n) is 6.59. The van der Waals surface area contributed by atoms with Gasteiger partial charge in [0, 0.05) is 32.1 Å². The molecule has 0 amide bonds. The van der Waals surface area contributed by atoms with Gasteiger partial charge in [0.05, 0.1) is 17.9 Å². The molecule has 0 bridgehead atoms. The van der Waals surface area contributed by atoms with Crippen LogP contribution >= 0.6 is 0 Å². The van der Waals surface area contributed by atoms with Gasteiger partial charge in [-0.25, -0.2) is 0 Å². The summed E-state index contributed by atoms with van der Waals surface area (Å²) in [6.45, 7) is 2.76. The molecule has 0 spiro atoms. The number of aromatic amines is 1. The molecule has 3 N–H and O–H groups in total. The predicted molar refractivity (Wildman–Crippen MR) is 90.6 cm³/mol. The van der Waals surface area contributed by atoms with E-state index in [1.54, 1.807) is 0 Å². The van der Waals surface area contributed by atoms with E-state index in [0.717, 1.165) is 37.1 Å². The highest BCUT2D eigenvalue weighted by atomic mass is 15.3. The first kappa shape index (κ1) is 14.3. The zero-order valence-electron chi connectivity index (χ0n) is 13.5. The average molecular weight is 313 g/mol. The third-order valence-corrected chi connectivity index (χ3v) is 4.55. The number of nitrogens with two attached hydrogens (primary N) is 1. The Bertz CT molecular complexity index is 685. The predicted octanol–water partition coefficient (Wildman–Crippen LogP) is 1.90. The molecule has 1 aliphatic carbocycles. The van der Waals surface area contributed by atoms with Crippen molar-refractivity contribution >= 4 is 17.6 Å². The molecule has 0 radical (unpaired) electrons. The van der Waals surface area contributed by atoms with Crippen LogP contribution in [0.5, 0.6) is 0 Å². The van der Waals surface area contributed by atoms with Crippen LogP contribution in [-0.2, 0) is 6.54 Å². The van der Waals surface area contributed by atoms with Crippen molar-refractivity contribution in [3.8, 4) is 0 Å². The van der Waals surface area contributed by atoms with Crippen LogP contribution in [0.25, 0.3) is 0 Å². The van der Waals surface area contributed by atoms with Gasteiger partial charge in [-0.15, -0.1) is 0 Å². The zero-order chi connectivity index (χ0) is 15.8. The van der Waals surface area contributed by atoms with Crippen molar-refractivity contribution in [2.45, 2.75) is 38.1 Å². The van der Waals surface area contributed by atoms with E-state index in [0.29, 0.717) is 11.7 Å². The summed E-state index contributed by atoms with van der Waals surface area (Å²) in [5.41, 5.74) is 8.28. The summed E-state index contributed by atoms with van der Waals surface area (Å²) >= 11 is 0. The van der Waals surface area contributed by atoms with E-state index < -0.39 is 0 Å². The van der Waals surface area contributed by atoms with E-state index in [4.69, 9.17) is 10.7 Å². The summed E-state index contributed by atoms with van der Waals surface area (Å²) in [4.78, 5) is 13.4. The Labute approximate surface area is 135 Å². The quantitative estimate of drug-likeness (QED) is 0.876. The lowest BCUT2D eigenvalue weighted by Gasteiger charge is -2.21. The number of nitrogens with one attached hydrogen (secondary N) is 1. The fourth-order valence-electron chi connectivity index (χ4n) is 3.08. The molecule has 2 aromatic heterocycles. The highest BCUT2D eigenvalue weighted by Gasteiger charge is 2.26. The van der Waals surface area contributed by atoms with Gasteiger partial charge >= 0.3 is 0 Å². The molecule has 7 nitrogen and oxygen atoms in total.